The van der Waals surface area contributed by atoms with E-state index in [1.54, 1.807) is 25.3 Å². The summed E-state index contributed by atoms with van der Waals surface area (Å²) in [6, 6.07) is 10.8. The van der Waals surface area contributed by atoms with Gasteiger partial charge in [0, 0.05) is 27.3 Å². The zero-order valence-electron chi connectivity index (χ0n) is 16.9. The molecule has 3 unspecified atom stereocenters. The zero-order chi connectivity index (χ0) is 21.8. The normalized spacial score (nSPS) is 16.7. The molecule has 9 heteroatoms. The molecule has 0 radical (unpaired) electrons. The van der Waals surface area contributed by atoms with Gasteiger partial charge in [-0.3, -0.25) is 0 Å². The van der Waals surface area contributed by atoms with Crippen LogP contribution in [-0.2, 0) is 0 Å². The molecule has 4 rings (SSSR count). The van der Waals surface area contributed by atoms with Crippen molar-refractivity contribution in [2.75, 3.05) is 13.7 Å². The van der Waals surface area contributed by atoms with E-state index in [-0.39, 0.29) is 11.8 Å². The molecule has 2 heterocycles. The first-order chi connectivity index (χ1) is 14.3. The molecule has 160 valence electrons. The topological polar surface area (TPSA) is 103 Å². The van der Waals surface area contributed by atoms with E-state index in [0.29, 0.717) is 23.3 Å². The second-order valence-corrected chi connectivity index (χ2v) is 7.97. The summed E-state index contributed by atoms with van der Waals surface area (Å²) in [4.78, 5) is 11.8. The number of hydrogen-bond donors (Lipinski definition) is 3. The lowest BCUT2D eigenvalue weighted by Crippen LogP contribution is -2.19. The van der Waals surface area contributed by atoms with Crippen molar-refractivity contribution in [1.29, 1.82) is 0 Å². The minimum atomic E-state index is -0.586. The van der Waals surface area contributed by atoms with Crippen LogP contribution in [0.2, 0.25) is 5.02 Å². The number of fused-ring (bicyclic) bond motifs is 1. The van der Waals surface area contributed by atoms with E-state index in [2.05, 4.69) is 29.7 Å². The van der Waals surface area contributed by atoms with Crippen LogP contribution in [0.4, 0.5) is 0 Å². The van der Waals surface area contributed by atoms with Crippen molar-refractivity contribution in [3.8, 4) is 11.5 Å². The summed E-state index contributed by atoms with van der Waals surface area (Å²) < 4.78 is 15.6. The van der Waals surface area contributed by atoms with Gasteiger partial charge in [-0.05, 0) is 29.8 Å². The Morgan fingerprint density at radius 1 is 1.37 bits per heavy atom. The predicted molar refractivity (Wildman–Crippen MR) is 118 cm³/mol. The first kappa shape index (κ1) is 22.3. The molecule has 0 amide bonds. The van der Waals surface area contributed by atoms with E-state index in [1.165, 1.54) is 5.56 Å². The summed E-state index contributed by atoms with van der Waals surface area (Å²) in [5.74, 6) is 1.57. The summed E-state index contributed by atoms with van der Waals surface area (Å²) >= 11 is 9.82. The number of thiol groups is 1. The van der Waals surface area contributed by atoms with Gasteiger partial charge in [0.25, 0.3) is 0 Å². The van der Waals surface area contributed by atoms with Gasteiger partial charge in [0.05, 0.1) is 19.8 Å². The molecule has 3 N–H and O–H groups in total. The van der Waals surface area contributed by atoms with Gasteiger partial charge in [0.1, 0.15) is 11.5 Å². The number of methoxy groups -OCH3 is 1. The second kappa shape index (κ2) is 9.59. The third-order valence-corrected chi connectivity index (χ3v) is 5.60. The molecular formula is C21H24ClN3O4S. The van der Waals surface area contributed by atoms with Crippen molar-refractivity contribution in [3.63, 3.8) is 0 Å². The molecule has 0 bridgehead atoms. The lowest BCUT2D eigenvalue weighted by atomic mass is 9.86. The Morgan fingerprint density at radius 2 is 2.13 bits per heavy atom. The first-order valence-corrected chi connectivity index (χ1v) is 10.2. The first-order valence-electron chi connectivity index (χ1n) is 9.41. The smallest absolute Gasteiger partial charge is 0.434 e. The fourth-order valence-corrected chi connectivity index (χ4v) is 3.74. The molecule has 0 fully saturated rings. The van der Waals surface area contributed by atoms with E-state index in [9.17, 15) is 4.79 Å². The summed E-state index contributed by atoms with van der Waals surface area (Å²) in [5.41, 5.74) is 8.47. The van der Waals surface area contributed by atoms with Crippen LogP contribution >= 0.6 is 24.2 Å². The molecule has 0 saturated heterocycles. The van der Waals surface area contributed by atoms with E-state index < -0.39 is 11.8 Å². The van der Waals surface area contributed by atoms with Crippen LogP contribution in [0.15, 0.2) is 50.5 Å². The Labute approximate surface area is 184 Å². The van der Waals surface area contributed by atoms with Gasteiger partial charge >= 0.3 is 5.76 Å². The molecule has 3 atom stereocenters. The standard InChI is InChI=1S/C14H17N3O3.C7H7ClOS/c1-7-6-19-10-5-3-4-9(11(7)10)8(2)12(15)13-16-17-14(18)20-13;1-9-6-4-5(8)2-3-7(6)10/h3-5,7-8,12H,6,15H2,1-2H3,(H,17,18);2-4,10H,1H3. The highest BCUT2D eigenvalue weighted by atomic mass is 35.5. The Balaban J connectivity index is 0.000000216. The van der Waals surface area contributed by atoms with E-state index >= 15 is 0 Å². The molecular weight excluding hydrogens is 426 g/mol. The SMILES string of the molecule is CC1COc2cccc(C(C)C(N)c3n[nH]c(=O)o3)c21.COc1cc(Cl)ccc1S. The summed E-state index contributed by atoms with van der Waals surface area (Å²) in [7, 11) is 1.59. The molecule has 7 nitrogen and oxygen atoms in total. The van der Waals surface area contributed by atoms with Crippen LogP contribution in [-0.4, -0.2) is 23.9 Å². The van der Waals surface area contributed by atoms with E-state index in [4.69, 9.17) is 31.2 Å². The van der Waals surface area contributed by atoms with Crippen molar-refractivity contribution in [3.05, 3.63) is 69.0 Å². The van der Waals surface area contributed by atoms with Crippen molar-refractivity contribution >= 4 is 24.2 Å². The Kier molecular flexibility index (Phi) is 7.12. The molecule has 0 saturated carbocycles. The van der Waals surface area contributed by atoms with Crippen LogP contribution in [0.1, 0.15) is 48.7 Å². The van der Waals surface area contributed by atoms with Gasteiger partial charge in [-0.1, -0.05) is 37.6 Å². The second-order valence-electron chi connectivity index (χ2n) is 7.05. The average Bonchev–Trinajstić information content (AvgIpc) is 3.35. The maximum absolute atomic E-state index is 11.0. The highest BCUT2D eigenvalue weighted by molar-refractivity contribution is 7.80. The van der Waals surface area contributed by atoms with Crippen LogP contribution in [0.3, 0.4) is 0 Å². The van der Waals surface area contributed by atoms with Gasteiger partial charge in [-0.25, -0.2) is 9.89 Å². The summed E-state index contributed by atoms with van der Waals surface area (Å²) in [6.45, 7) is 4.81. The fourth-order valence-electron chi connectivity index (χ4n) is 3.35. The molecule has 0 spiro atoms. The maximum Gasteiger partial charge on any atom is 0.434 e. The molecule has 0 aliphatic carbocycles. The van der Waals surface area contributed by atoms with Gasteiger partial charge in [0.2, 0.25) is 5.89 Å². The molecule has 2 aromatic carbocycles. The third-order valence-electron chi connectivity index (χ3n) is 4.99. The van der Waals surface area contributed by atoms with Crippen LogP contribution < -0.4 is 21.0 Å². The Hall–Kier alpha value is -2.42. The number of ether oxygens (including phenoxy) is 2. The largest absolute Gasteiger partial charge is 0.496 e. The number of nitrogens with two attached hydrogens (primary N) is 1. The van der Waals surface area contributed by atoms with Gasteiger partial charge in [0.15, 0.2) is 0 Å². The van der Waals surface area contributed by atoms with Crippen molar-refractivity contribution in [1.82, 2.24) is 10.2 Å². The number of nitrogens with one attached hydrogen (secondary N) is 1. The summed E-state index contributed by atoms with van der Waals surface area (Å²) in [6.07, 6.45) is 0. The number of rotatable bonds is 4. The van der Waals surface area contributed by atoms with Gasteiger partial charge in [-0.15, -0.1) is 17.7 Å². The zero-order valence-corrected chi connectivity index (χ0v) is 18.5. The van der Waals surface area contributed by atoms with Crippen LogP contribution in [0, 0.1) is 0 Å². The predicted octanol–water partition coefficient (Wildman–Crippen LogP) is 4.30. The Bertz CT molecular complexity index is 1070. The lowest BCUT2D eigenvalue weighted by Gasteiger charge is -2.20. The summed E-state index contributed by atoms with van der Waals surface area (Å²) in [5, 5.41) is 6.72. The number of aromatic amines is 1. The molecule has 1 aliphatic rings. The van der Waals surface area contributed by atoms with Crippen LogP contribution in [0.25, 0.3) is 0 Å². The van der Waals surface area contributed by atoms with Gasteiger partial charge < -0.3 is 19.6 Å². The number of halogens is 1. The molecule has 1 aliphatic heterocycles. The average molecular weight is 450 g/mol. The Morgan fingerprint density at radius 3 is 2.77 bits per heavy atom. The van der Waals surface area contributed by atoms with Crippen molar-refractivity contribution < 1.29 is 13.9 Å². The van der Waals surface area contributed by atoms with E-state index in [1.807, 2.05) is 25.1 Å². The number of aromatic nitrogens is 2. The highest BCUT2D eigenvalue weighted by Gasteiger charge is 2.29. The number of hydrogen-bond acceptors (Lipinski definition) is 7. The van der Waals surface area contributed by atoms with E-state index in [0.717, 1.165) is 16.2 Å². The molecule has 3 aromatic rings. The highest BCUT2D eigenvalue weighted by Crippen LogP contribution is 2.41. The molecule has 1 aromatic heterocycles. The minimum Gasteiger partial charge on any atom is -0.496 e. The number of H-pyrrole nitrogens is 1. The number of benzene rings is 2. The monoisotopic (exact) mass is 449 g/mol. The molecule has 30 heavy (non-hydrogen) atoms. The minimum absolute atomic E-state index is 0.0273. The quantitative estimate of drug-likeness (QED) is 0.513. The van der Waals surface area contributed by atoms with Crippen LogP contribution in [0.5, 0.6) is 11.5 Å². The lowest BCUT2D eigenvalue weighted by molar-refractivity contribution is 0.337. The van der Waals surface area contributed by atoms with Crippen molar-refractivity contribution in [2.24, 2.45) is 5.73 Å². The fraction of sp³-hybridized carbons (Fsp3) is 0.333. The third kappa shape index (κ3) is 4.83. The maximum atomic E-state index is 11.0. The number of nitrogens with zero attached hydrogens (tertiary/aromatic N) is 1. The van der Waals surface area contributed by atoms with Crippen molar-refractivity contribution in [2.45, 2.75) is 36.6 Å². The van der Waals surface area contributed by atoms with Gasteiger partial charge in [-0.2, -0.15) is 0 Å².